The van der Waals surface area contributed by atoms with Crippen LogP contribution in [0.3, 0.4) is 0 Å². The Morgan fingerprint density at radius 1 is 1.38 bits per heavy atom. The van der Waals surface area contributed by atoms with Gasteiger partial charge in [-0.3, -0.25) is 0 Å². The number of rotatable bonds is 2. The lowest BCUT2D eigenvalue weighted by Gasteiger charge is -1.95. The first-order valence-electron chi connectivity index (χ1n) is 4.61. The van der Waals surface area contributed by atoms with E-state index in [1.54, 1.807) is 13.1 Å². The SMILES string of the molecule is CC(=NO)c1cnc(-c2ccc(Cl)cc2)s1. The summed E-state index contributed by atoms with van der Waals surface area (Å²) in [6, 6.07) is 7.47. The van der Waals surface area contributed by atoms with Gasteiger partial charge in [0.15, 0.2) is 0 Å². The predicted molar refractivity (Wildman–Crippen MR) is 66.6 cm³/mol. The van der Waals surface area contributed by atoms with Crippen molar-refractivity contribution in [3.8, 4) is 10.6 Å². The van der Waals surface area contributed by atoms with Gasteiger partial charge in [-0.25, -0.2) is 4.98 Å². The minimum Gasteiger partial charge on any atom is -0.411 e. The summed E-state index contributed by atoms with van der Waals surface area (Å²) in [5, 5.41) is 13.4. The number of nitrogens with zero attached hydrogens (tertiary/aromatic N) is 2. The number of hydrogen-bond acceptors (Lipinski definition) is 4. The Morgan fingerprint density at radius 3 is 2.69 bits per heavy atom. The van der Waals surface area contributed by atoms with Gasteiger partial charge in [0.05, 0.1) is 10.6 Å². The Hall–Kier alpha value is -1.39. The van der Waals surface area contributed by atoms with E-state index in [2.05, 4.69) is 10.1 Å². The lowest BCUT2D eigenvalue weighted by molar-refractivity contribution is 0.319. The van der Waals surface area contributed by atoms with Crippen LogP contribution in [-0.2, 0) is 0 Å². The quantitative estimate of drug-likeness (QED) is 0.504. The molecule has 3 nitrogen and oxygen atoms in total. The van der Waals surface area contributed by atoms with E-state index in [0.29, 0.717) is 10.7 Å². The van der Waals surface area contributed by atoms with E-state index in [9.17, 15) is 0 Å². The first-order chi connectivity index (χ1) is 7.70. The average Bonchev–Trinajstić information content (AvgIpc) is 2.78. The topological polar surface area (TPSA) is 45.5 Å². The summed E-state index contributed by atoms with van der Waals surface area (Å²) >= 11 is 7.29. The minimum absolute atomic E-state index is 0.567. The molecule has 1 heterocycles. The molecular weight excluding hydrogens is 244 g/mol. The molecule has 0 amide bonds. The molecule has 0 radical (unpaired) electrons. The molecule has 0 bridgehead atoms. The molecule has 0 aliphatic carbocycles. The van der Waals surface area contributed by atoms with Gasteiger partial charge in [0.25, 0.3) is 0 Å². The molecule has 0 atom stereocenters. The second-order valence-corrected chi connectivity index (χ2v) is 4.69. The molecule has 1 N–H and O–H groups in total. The van der Waals surface area contributed by atoms with Crippen LogP contribution in [0.1, 0.15) is 11.8 Å². The monoisotopic (exact) mass is 252 g/mol. The maximum Gasteiger partial charge on any atom is 0.123 e. The van der Waals surface area contributed by atoms with Gasteiger partial charge in [-0.2, -0.15) is 0 Å². The largest absolute Gasteiger partial charge is 0.411 e. The summed E-state index contributed by atoms with van der Waals surface area (Å²) in [6.07, 6.45) is 1.70. The van der Waals surface area contributed by atoms with E-state index in [1.807, 2.05) is 24.3 Å². The maximum absolute atomic E-state index is 8.65. The van der Waals surface area contributed by atoms with Crippen LogP contribution < -0.4 is 0 Å². The number of aromatic nitrogens is 1. The second kappa shape index (κ2) is 4.63. The third kappa shape index (κ3) is 2.23. The van der Waals surface area contributed by atoms with Crippen LogP contribution in [0.5, 0.6) is 0 Å². The van der Waals surface area contributed by atoms with E-state index in [0.717, 1.165) is 15.4 Å². The molecule has 2 rings (SSSR count). The molecular formula is C11H9ClN2OS. The predicted octanol–water partition coefficient (Wildman–Crippen LogP) is 3.66. The Morgan fingerprint density at radius 2 is 2.06 bits per heavy atom. The van der Waals surface area contributed by atoms with Crippen molar-refractivity contribution in [2.75, 3.05) is 0 Å². The summed E-state index contributed by atoms with van der Waals surface area (Å²) in [5.41, 5.74) is 1.57. The van der Waals surface area contributed by atoms with Gasteiger partial charge in [-0.05, 0) is 19.1 Å². The van der Waals surface area contributed by atoms with Crippen LogP contribution in [0.2, 0.25) is 5.02 Å². The second-order valence-electron chi connectivity index (χ2n) is 3.22. The molecule has 0 saturated heterocycles. The molecule has 0 fully saturated rings. The lowest BCUT2D eigenvalue weighted by atomic mass is 10.2. The van der Waals surface area contributed by atoms with Crippen molar-refractivity contribution in [3.05, 3.63) is 40.4 Å². The standard InChI is InChI=1S/C11H9ClN2OS/c1-7(14-15)10-6-13-11(16-10)8-2-4-9(12)5-3-8/h2-6,15H,1H3. The van der Waals surface area contributed by atoms with Crippen LogP contribution in [-0.4, -0.2) is 15.9 Å². The van der Waals surface area contributed by atoms with E-state index in [-0.39, 0.29) is 0 Å². The Labute approximate surface area is 102 Å². The Balaban J connectivity index is 2.35. The number of oxime groups is 1. The van der Waals surface area contributed by atoms with Crippen molar-refractivity contribution < 1.29 is 5.21 Å². The fraction of sp³-hybridized carbons (Fsp3) is 0.0909. The molecule has 0 aliphatic rings. The summed E-state index contributed by atoms with van der Waals surface area (Å²) < 4.78 is 0. The number of hydrogen-bond donors (Lipinski definition) is 1. The summed E-state index contributed by atoms with van der Waals surface area (Å²) in [5.74, 6) is 0. The van der Waals surface area contributed by atoms with E-state index >= 15 is 0 Å². The molecule has 0 aliphatic heterocycles. The van der Waals surface area contributed by atoms with Gasteiger partial charge in [0, 0.05) is 16.8 Å². The summed E-state index contributed by atoms with van der Waals surface area (Å²) in [4.78, 5) is 5.12. The zero-order valence-corrected chi connectivity index (χ0v) is 10.1. The Bertz CT molecular complexity index is 519. The van der Waals surface area contributed by atoms with E-state index in [1.165, 1.54) is 11.3 Å². The zero-order chi connectivity index (χ0) is 11.5. The molecule has 2 aromatic rings. The van der Waals surface area contributed by atoms with E-state index < -0.39 is 0 Å². The number of thiazole rings is 1. The van der Waals surface area contributed by atoms with Gasteiger partial charge >= 0.3 is 0 Å². The van der Waals surface area contributed by atoms with Crippen molar-refractivity contribution in [2.45, 2.75) is 6.92 Å². The van der Waals surface area contributed by atoms with Gasteiger partial charge in [-0.15, -0.1) is 11.3 Å². The van der Waals surface area contributed by atoms with Crippen LogP contribution in [0.15, 0.2) is 35.6 Å². The van der Waals surface area contributed by atoms with E-state index in [4.69, 9.17) is 16.8 Å². The third-order valence-electron chi connectivity index (χ3n) is 2.10. The van der Waals surface area contributed by atoms with Crippen LogP contribution in [0.4, 0.5) is 0 Å². The van der Waals surface area contributed by atoms with Gasteiger partial charge in [0.1, 0.15) is 5.01 Å². The Kier molecular flexibility index (Phi) is 3.22. The average molecular weight is 253 g/mol. The highest BCUT2D eigenvalue weighted by molar-refractivity contribution is 7.17. The van der Waals surface area contributed by atoms with Gasteiger partial charge in [-0.1, -0.05) is 28.9 Å². The molecule has 1 aromatic carbocycles. The van der Waals surface area contributed by atoms with Crippen molar-refractivity contribution >= 4 is 28.6 Å². The van der Waals surface area contributed by atoms with Crippen molar-refractivity contribution in [2.24, 2.45) is 5.16 Å². The number of benzene rings is 1. The first kappa shape index (κ1) is 11.1. The molecule has 0 unspecified atom stereocenters. The van der Waals surface area contributed by atoms with Crippen LogP contribution in [0, 0.1) is 0 Å². The molecule has 82 valence electrons. The fourth-order valence-corrected chi connectivity index (χ4v) is 2.20. The molecule has 16 heavy (non-hydrogen) atoms. The molecule has 0 spiro atoms. The van der Waals surface area contributed by atoms with Crippen LogP contribution >= 0.6 is 22.9 Å². The highest BCUT2D eigenvalue weighted by Gasteiger charge is 2.06. The zero-order valence-electron chi connectivity index (χ0n) is 8.51. The third-order valence-corrected chi connectivity index (χ3v) is 3.51. The summed E-state index contributed by atoms with van der Waals surface area (Å²) in [6.45, 7) is 1.74. The molecule has 1 aromatic heterocycles. The molecule has 5 heteroatoms. The van der Waals surface area contributed by atoms with Crippen molar-refractivity contribution in [1.82, 2.24) is 4.98 Å². The highest BCUT2D eigenvalue weighted by atomic mass is 35.5. The van der Waals surface area contributed by atoms with Crippen LogP contribution in [0.25, 0.3) is 10.6 Å². The number of halogens is 1. The lowest BCUT2D eigenvalue weighted by Crippen LogP contribution is -1.88. The van der Waals surface area contributed by atoms with Crippen molar-refractivity contribution in [1.29, 1.82) is 0 Å². The minimum atomic E-state index is 0.567. The highest BCUT2D eigenvalue weighted by Crippen LogP contribution is 2.26. The van der Waals surface area contributed by atoms with Gasteiger partial charge in [0.2, 0.25) is 0 Å². The maximum atomic E-state index is 8.65. The molecule has 0 saturated carbocycles. The normalized spacial score (nSPS) is 11.8. The fourth-order valence-electron chi connectivity index (χ4n) is 1.22. The van der Waals surface area contributed by atoms with Gasteiger partial charge < -0.3 is 5.21 Å². The smallest absolute Gasteiger partial charge is 0.123 e. The first-order valence-corrected chi connectivity index (χ1v) is 5.81. The van der Waals surface area contributed by atoms with Crippen molar-refractivity contribution in [3.63, 3.8) is 0 Å². The summed E-state index contributed by atoms with van der Waals surface area (Å²) in [7, 11) is 0.